The summed E-state index contributed by atoms with van der Waals surface area (Å²) in [4.78, 5) is 1.71. The molecule has 2 N–H and O–H groups in total. The van der Waals surface area contributed by atoms with E-state index >= 15 is 4.39 Å². The first-order chi connectivity index (χ1) is 20.7. The maximum absolute atomic E-state index is 16.9. The van der Waals surface area contributed by atoms with Crippen molar-refractivity contribution in [3.63, 3.8) is 0 Å². The Labute approximate surface area is 259 Å². The lowest BCUT2D eigenvalue weighted by Gasteiger charge is -2.31. The Bertz CT molecular complexity index is 1710. The number of hydrogen-bond donors (Lipinski definition) is 2. The number of ether oxygens (including phenoxy) is 1. The highest BCUT2D eigenvalue weighted by atomic mass is 32.2. The van der Waals surface area contributed by atoms with Gasteiger partial charge in [-0.1, -0.05) is 51.9 Å². The molecule has 1 heterocycles. The van der Waals surface area contributed by atoms with Crippen LogP contribution in [-0.4, -0.2) is 30.1 Å². The van der Waals surface area contributed by atoms with Crippen LogP contribution in [-0.2, 0) is 10.9 Å². The number of nitriles is 1. The largest absolute Gasteiger partial charge is 0.483 e. The molecule has 0 aliphatic carbocycles. The summed E-state index contributed by atoms with van der Waals surface area (Å²) in [7, 11) is 3.16. The maximum Gasteiger partial charge on any atom is 0.417 e. The van der Waals surface area contributed by atoms with Crippen LogP contribution >= 0.6 is 11.8 Å². The molecule has 0 fully saturated rings. The Morgan fingerprint density at radius 1 is 1.16 bits per heavy atom. The molecule has 0 radical (unpaired) electrons. The smallest absolute Gasteiger partial charge is 0.417 e. The number of methoxy groups -OCH3 is 1. The van der Waals surface area contributed by atoms with Gasteiger partial charge in [-0.3, -0.25) is 5.41 Å². The summed E-state index contributed by atoms with van der Waals surface area (Å²) in [5.41, 5.74) is -1.40. The number of halogens is 5. The van der Waals surface area contributed by atoms with Crippen LogP contribution in [0.1, 0.15) is 72.3 Å². The number of benzene rings is 2. The molecule has 1 aliphatic rings. The van der Waals surface area contributed by atoms with Gasteiger partial charge in [0.05, 0.1) is 28.8 Å². The molecule has 0 spiro atoms. The molecule has 0 aromatic heterocycles. The number of nitrogens with zero attached hydrogens (tertiary/aromatic N) is 2. The number of rotatable bonds is 11. The van der Waals surface area contributed by atoms with Crippen molar-refractivity contribution < 1.29 is 26.7 Å². The van der Waals surface area contributed by atoms with Crippen molar-refractivity contribution in [1.82, 2.24) is 4.90 Å². The highest BCUT2D eigenvalue weighted by molar-refractivity contribution is 8.15. The van der Waals surface area contributed by atoms with Crippen LogP contribution in [0.15, 0.2) is 35.1 Å². The van der Waals surface area contributed by atoms with Gasteiger partial charge in [-0.2, -0.15) is 18.4 Å². The lowest BCUT2D eigenvalue weighted by Crippen LogP contribution is -2.34. The first-order valence-electron chi connectivity index (χ1n) is 14.6. The third kappa shape index (κ3) is 7.06. The predicted octanol–water partition coefficient (Wildman–Crippen LogP) is 8.00. The fourth-order valence-electron chi connectivity index (χ4n) is 5.34. The van der Waals surface area contributed by atoms with Crippen molar-refractivity contribution in [1.29, 1.82) is 10.7 Å². The van der Waals surface area contributed by atoms with Crippen molar-refractivity contribution >= 4 is 33.8 Å². The molecular weight excluding hydrogens is 595 g/mol. The van der Waals surface area contributed by atoms with Gasteiger partial charge in [-0.05, 0) is 62.0 Å². The molecule has 44 heavy (non-hydrogen) atoms. The standard InChI is InChI=1S/C33H39F5N4OS/c1-8-11-26(43-7)41-30-22(19(5)42(6)20(10-3)13-12-18(4)9-2)16-24(33(36,37)38)28(29(30)35)21-14-15-25(34)31-27(21)23(17-39)32(40)44-31/h11,14-16,18,20,40-41H,8-10,12-13H2,1-7H3/b22-19+,26-11-,28-21-,40-32?. The van der Waals surface area contributed by atoms with Gasteiger partial charge in [-0.25, -0.2) is 8.78 Å². The maximum atomic E-state index is 16.9. The quantitative estimate of drug-likeness (QED) is 0.194. The minimum Gasteiger partial charge on any atom is -0.483 e. The van der Waals surface area contributed by atoms with E-state index in [4.69, 9.17) is 10.1 Å². The molecule has 3 rings (SSSR count). The highest BCUT2D eigenvalue weighted by Crippen LogP contribution is 2.34. The SMILES string of the molecule is CC/C=C(/Nc1c(F)/c(=c2/ccc(F)c3c2=C(C#N)C(=N)S3)c(C(F)(F)F)c/c1=C(/C)N(C)C(CC)CCC(C)CC)OC. The zero-order valence-corrected chi connectivity index (χ0v) is 26.9. The molecule has 1 aliphatic heterocycles. The Morgan fingerprint density at radius 2 is 1.84 bits per heavy atom. The summed E-state index contributed by atoms with van der Waals surface area (Å²) < 4.78 is 81.7. The van der Waals surface area contributed by atoms with Gasteiger partial charge in [-0.15, -0.1) is 0 Å². The third-order valence-corrected chi connectivity index (χ3v) is 9.24. The lowest BCUT2D eigenvalue weighted by atomic mass is 9.97. The normalized spacial score (nSPS) is 16.3. The second-order valence-corrected chi connectivity index (χ2v) is 11.9. The average Bonchev–Trinajstić information content (AvgIpc) is 3.33. The zero-order valence-electron chi connectivity index (χ0n) is 26.1. The number of thioether (sulfide) groups is 1. The summed E-state index contributed by atoms with van der Waals surface area (Å²) in [6, 6.07) is 4.66. The predicted molar refractivity (Wildman–Crippen MR) is 166 cm³/mol. The highest BCUT2D eigenvalue weighted by Gasteiger charge is 2.35. The molecule has 5 nitrogen and oxygen atoms in total. The number of fused-ring (bicyclic) bond motifs is 1. The lowest BCUT2D eigenvalue weighted by molar-refractivity contribution is -0.138. The van der Waals surface area contributed by atoms with E-state index < -0.39 is 28.6 Å². The third-order valence-electron chi connectivity index (χ3n) is 8.23. The van der Waals surface area contributed by atoms with E-state index in [2.05, 4.69) is 19.2 Å². The van der Waals surface area contributed by atoms with Crippen LogP contribution in [0.5, 0.6) is 0 Å². The van der Waals surface area contributed by atoms with E-state index in [1.165, 1.54) is 7.11 Å². The number of hydrogen-bond acceptors (Lipinski definition) is 6. The van der Waals surface area contributed by atoms with Gasteiger partial charge in [0, 0.05) is 34.4 Å². The Kier molecular flexibility index (Phi) is 11.5. The molecule has 0 saturated heterocycles. The number of nitrogens with one attached hydrogen (secondary N) is 2. The van der Waals surface area contributed by atoms with Crippen molar-refractivity contribution in [2.75, 3.05) is 19.5 Å². The molecule has 0 bridgehead atoms. The molecule has 0 saturated carbocycles. The van der Waals surface area contributed by atoms with Crippen LogP contribution in [0, 0.1) is 44.7 Å². The minimum atomic E-state index is -5.01. The van der Waals surface area contributed by atoms with E-state index in [-0.39, 0.29) is 48.8 Å². The topological polar surface area (TPSA) is 72.1 Å². The van der Waals surface area contributed by atoms with Gasteiger partial charge in [0.2, 0.25) is 0 Å². The van der Waals surface area contributed by atoms with Crippen LogP contribution in [0.4, 0.5) is 27.6 Å². The second-order valence-electron chi connectivity index (χ2n) is 10.9. The molecule has 2 aromatic carbocycles. The molecule has 0 amide bonds. The second kappa shape index (κ2) is 14.5. The Hall–Kier alpha value is -3.52. The van der Waals surface area contributed by atoms with E-state index in [0.717, 1.165) is 43.9 Å². The summed E-state index contributed by atoms with van der Waals surface area (Å²) in [5, 5.41) is 19.0. The molecule has 2 unspecified atom stereocenters. The summed E-state index contributed by atoms with van der Waals surface area (Å²) in [5.74, 6) is -1.42. The van der Waals surface area contributed by atoms with Crippen LogP contribution in [0.3, 0.4) is 0 Å². The number of anilines is 1. The minimum absolute atomic E-state index is 0.00167. The van der Waals surface area contributed by atoms with E-state index in [9.17, 15) is 22.8 Å². The van der Waals surface area contributed by atoms with Gasteiger partial charge < -0.3 is 15.0 Å². The summed E-state index contributed by atoms with van der Waals surface area (Å²) in [6.45, 7) is 9.77. The Morgan fingerprint density at radius 3 is 2.39 bits per heavy atom. The fraction of sp³-hybridized carbons (Fsp3) is 0.455. The van der Waals surface area contributed by atoms with Gasteiger partial charge in [0.1, 0.15) is 16.9 Å². The van der Waals surface area contributed by atoms with Gasteiger partial charge in [0.15, 0.2) is 11.7 Å². The van der Waals surface area contributed by atoms with E-state index in [1.807, 2.05) is 18.7 Å². The van der Waals surface area contributed by atoms with E-state index in [0.29, 0.717) is 29.8 Å². The molecular formula is C33H39F5N4OS. The van der Waals surface area contributed by atoms with Crippen molar-refractivity contribution in [2.24, 2.45) is 5.92 Å². The van der Waals surface area contributed by atoms with Crippen molar-refractivity contribution in [2.45, 2.75) is 83.8 Å². The average molecular weight is 635 g/mol. The Balaban J connectivity index is 2.62. The van der Waals surface area contributed by atoms with Gasteiger partial charge >= 0.3 is 6.18 Å². The molecule has 2 atom stereocenters. The molecule has 2 aromatic rings. The molecule has 238 valence electrons. The zero-order chi connectivity index (χ0) is 32.9. The van der Waals surface area contributed by atoms with Crippen molar-refractivity contribution in [3.8, 4) is 6.07 Å². The summed E-state index contributed by atoms with van der Waals surface area (Å²) >= 11 is 0.619. The monoisotopic (exact) mass is 634 g/mol. The van der Waals surface area contributed by atoms with E-state index in [1.54, 1.807) is 26.1 Å². The van der Waals surface area contributed by atoms with Gasteiger partial charge in [0.25, 0.3) is 0 Å². The fourth-order valence-corrected chi connectivity index (χ4v) is 6.28. The first kappa shape index (κ1) is 35.0. The summed E-state index contributed by atoms with van der Waals surface area (Å²) in [6.07, 6.45) is 0.616. The first-order valence-corrected chi connectivity index (χ1v) is 15.5. The van der Waals surface area contributed by atoms with Crippen LogP contribution in [0.25, 0.3) is 11.3 Å². The van der Waals surface area contributed by atoms with Crippen LogP contribution < -0.4 is 15.8 Å². The molecule has 11 heteroatoms. The van der Waals surface area contributed by atoms with Crippen molar-refractivity contribution in [3.05, 3.63) is 68.2 Å². The number of allylic oxidation sites excluding steroid dienone is 1. The van der Waals surface area contributed by atoms with Crippen LogP contribution in [0.2, 0.25) is 0 Å². The number of alkyl halides is 3.